The first-order valence-electron chi connectivity index (χ1n) is 5.72. The number of halogens is 1. The van der Waals surface area contributed by atoms with Crippen molar-refractivity contribution in [1.29, 1.82) is 0 Å². The Bertz CT molecular complexity index is 338. The van der Waals surface area contributed by atoms with Crippen molar-refractivity contribution in [3.63, 3.8) is 0 Å². The molecule has 0 spiro atoms. The molecule has 88 valence electrons. The summed E-state index contributed by atoms with van der Waals surface area (Å²) in [5, 5.41) is 3.47. The highest BCUT2D eigenvalue weighted by Gasteiger charge is 2.27. The van der Waals surface area contributed by atoms with Crippen molar-refractivity contribution < 1.29 is 9.13 Å². The zero-order valence-corrected chi connectivity index (χ0v) is 9.74. The lowest BCUT2D eigenvalue weighted by Crippen LogP contribution is -2.41. The number of piperidine rings is 1. The van der Waals surface area contributed by atoms with Crippen LogP contribution in [0.1, 0.15) is 24.9 Å². The Labute approximate surface area is 95.8 Å². The molecule has 1 unspecified atom stereocenters. The van der Waals surface area contributed by atoms with E-state index in [1.54, 1.807) is 7.11 Å². The molecule has 2 nitrogen and oxygen atoms in total. The first kappa shape index (κ1) is 11.6. The van der Waals surface area contributed by atoms with E-state index in [1.807, 2.05) is 12.1 Å². The van der Waals surface area contributed by atoms with Gasteiger partial charge in [-0.25, -0.2) is 4.39 Å². The molecule has 1 aromatic rings. The van der Waals surface area contributed by atoms with Crippen LogP contribution in [0, 0.1) is 11.7 Å². The van der Waals surface area contributed by atoms with Crippen molar-refractivity contribution in [2.75, 3.05) is 13.7 Å². The number of nitrogens with one attached hydrogen (secondary N) is 1. The molecule has 3 heteroatoms. The second-order valence-corrected chi connectivity index (χ2v) is 4.50. The van der Waals surface area contributed by atoms with E-state index in [-0.39, 0.29) is 18.0 Å². The minimum atomic E-state index is -0.184. The Morgan fingerprint density at radius 3 is 2.62 bits per heavy atom. The minimum Gasteiger partial charge on any atom is -0.381 e. The molecule has 0 bridgehead atoms. The molecule has 0 aliphatic carbocycles. The second-order valence-electron chi connectivity index (χ2n) is 4.50. The van der Waals surface area contributed by atoms with Gasteiger partial charge in [0.1, 0.15) is 5.82 Å². The average molecular weight is 223 g/mol. The third-order valence-electron chi connectivity index (χ3n) is 3.36. The van der Waals surface area contributed by atoms with Crippen LogP contribution in [0.2, 0.25) is 0 Å². The van der Waals surface area contributed by atoms with Gasteiger partial charge in [0.25, 0.3) is 0 Å². The van der Waals surface area contributed by atoms with Crippen LogP contribution in [0.4, 0.5) is 4.39 Å². The van der Waals surface area contributed by atoms with Crippen LogP contribution in [0.25, 0.3) is 0 Å². The highest BCUT2D eigenvalue weighted by Crippen LogP contribution is 2.27. The van der Waals surface area contributed by atoms with Crippen LogP contribution in [0.3, 0.4) is 0 Å². The number of rotatable bonds is 2. The average Bonchev–Trinajstić information content (AvgIpc) is 2.31. The normalized spacial score (nSPS) is 30.3. The highest BCUT2D eigenvalue weighted by atomic mass is 19.1. The zero-order valence-electron chi connectivity index (χ0n) is 9.74. The smallest absolute Gasteiger partial charge is 0.123 e. The van der Waals surface area contributed by atoms with E-state index < -0.39 is 0 Å². The van der Waals surface area contributed by atoms with E-state index >= 15 is 0 Å². The molecular formula is C13H18FNO. The molecule has 1 aromatic carbocycles. The second kappa shape index (κ2) is 4.93. The van der Waals surface area contributed by atoms with Gasteiger partial charge in [0.15, 0.2) is 0 Å². The van der Waals surface area contributed by atoms with Crippen molar-refractivity contribution >= 4 is 0 Å². The first-order valence-corrected chi connectivity index (χ1v) is 5.72. The molecule has 16 heavy (non-hydrogen) atoms. The molecule has 0 radical (unpaired) electrons. The molecular weight excluding hydrogens is 205 g/mol. The van der Waals surface area contributed by atoms with Crippen LogP contribution in [0.5, 0.6) is 0 Å². The molecule has 1 fully saturated rings. The maximum Gasteiger partial charge on any atom is 0.123 e. The van der Waals surface area contributed by atoms with Gasteiger partial charge in [-0.15, -0.1) is 0 Å². The van der Waals surface area contributed by atoms with Crippen molar-refractivity contribution in [3.8, 4) is 0 Å². The Morgan fingerprint density at radius 2 is 2.00 bits per heavy atom. The van der Waals surface area contributed by atoms with E-state index in [1.165, 1.54) is 12.1 Å². The summed E-state index contributed by atoms with van der Waals surface area (Å²) in [5.41, 5.74) is 1.13. The number of hydrogen-bond donors (Lipinski definition) is 1. The number of benzene rings is 1. The summed E-state index contributed by atoms with van der Waals surface area (Å²) in [5.74, 6) is 0.345. The maximum atomic E-state index is 12.8. The van der Waals surface area contributed by atoms with Crippen LogP contribution < -0.4 is 5.32 Å². The van der Waals surface area contributed by atoms with Crippen LogP contribution in [-0.4, -0.2) is 19.8 Å². The van der Waals surface area contributed by atoms with Gasteiger partial charge >= 0.3 is 0 Å². The van der Waals surface area contributed by atoms with Gasteiger partial charge in [0.2, 0.25) is 0 Å². The van der Waals surface area contributed by atoms with Gasteiger partial charge in [0, 0.05) is 19.7 Å². The quantitative estimate of drug-likeness (QED) is 0.831. The molecule has 1 aliphatic rings. The fourth-order valence-corrected chi connectivity index (χ4v) is 2.29. The molecule has 0 saturated carbocycles. The lowest BCUT2D eigenvalue weighted by atomic mass is 9.89. The molecule has 1 saturated heterocycles. The Kier molecular flexibility index (Phi) is 3.56. The van der Waals surface area contributed by atoms with Crippen molar-refractivity contribution in [2.24, 2.45) is 5.92 Å². The monoisotopic (exact) mass is 223 g/mol. The van der Waals surface area contributed by atoms with Crippen molar-refractivity contribution in [1.82, 2.24) is 5.32 Å². The largest absolute Gasteiger partial charge is 0.381 e. The summed E-state index contributed by atoms with van der Waals surface area (Å²) in [7, 11) is 1.76. The third-order valence-corrected chi connectivity index (χ3v) is 3.36. The number of hydrogen-bond acceptors (Lipinski definition) is 2. The minimum absolute atomic E-state index is 0.184. The van der Waals surface area contributed by atoms with Crippen molar-refractivity contribution in [3.05, 3.63) is 35.6 Å². The summed E-state index contributed by atoms with van der Waals surface area (Å²) >= 11 is 0. The molecule has 1 N–H and O–H groups in total. The molecule has 3 atom stereocenters. The molecule has 1 aliphatic heterocycles. The van der Waals surface area contributed by atoms with E-state index in [0.29, 0.717) is 5.92 Å². The molecule has 0 aromatic heterocycles. The van der Waals surface area contributed by atoms with Crippen LogP contribution >= 0.6 is 0 Å². The maximum absolute atomic E-state index is 12.8. The summed E-state index contributed by atoms with van der Waals surface area (Å²) in [6, 6.07) is 6.99. The number of methoxy groups -OCH3 is 1. The van der Waals surface area contributed by atoms with Crippen molar-refractivity contribution in [2.45, 2.75) is 25.5 Å². The fourth-order valence-electron chi connectivity index (χ4n) is 2.29. The van der Waals surface area contributed by atoms with Gasteiger partial charge in [-0.05, 0) is 30.0 Å². The van der Waals surface area contributed by atoms with Gasteiger partial charge in [-0.3, -0.25) is 0 Å². The predicted octanol–water partition coefficient (Wildman–Crippen LogP) is 2.51. The van der Waals surface area contributed by atoms with Gasteiger partial charge in [-0.1, -0.05) is 19.1 Å². The predicted molar refractivity (Wildman–Crippen MR) is 61.7 cm³/mol. The summed E-state index contributed by atoms with van der Waals surface area (Å²) < 4.78 is 18.3. The summed E-state index contributed by atoms with van der Waals surface area (Å²) in [6.07, 6.45) is 1.24. The van der Waals surface area contributed by atoms with Gasteiger partial charge < -0.3 is 10.1 Å². The van der Waals surface area contributed by atoms with E-state index in [4.69, 9.17) is 4.74 Å². The van der Waals surface area contributed by atoms with Crippen LogP contribution in [-0.2, 0) is 4.74 Å². The Morgan fingerprint density at radius 1 is 1.31 bits per heavy atom. The molecule has 2 rings (SSSR count). The van der Waals surface area contributed by atoms with Gasteiger partial charge in [-0.2, -0.15) is 0 Å². The first-order chi connectivity index (χ1) is 7.70. The summed E-state index contributed by atoms with van der Waals surface area (Å²) in [4.78, 5) is 0. The van der Waals surface area contributed by atoms with Gasteiger partial charge in [0.05, 0.1) is 6.10 Å². The Balaban J connectivity index is 2.08. The standard InChI is InChI=1S/C13H18FNO/c1-9-8-15-12(7-13(9)16-2)10-3-5-11(14)6-4-10/h3-6,9,12-13,15H,7-8H2,1-2H3/t9-,12-,13?/m0/s1. The van der Waals surface area contributed by atoms with Crippen LogP contribution in [0.15, 0.2) is 24.3 Å². The highest BCUT2D eigenvalue weighted by molar-refractivity contribution is 5.20. The lowest BCUT2D eigenvalue weighted by molar-refractivity contribution is 0.0236. The van der Waals surface area contributed by atoms with E-state index in [2.05, 4.69) is 12.2 Å². The topological polar surface area (TPSA) is 21.3 Å². The summed E-state index contributed by atoms with van der Waals surface area (Å²) in [6.45, 7) is 3.13. The van der Waals surface area contributed by atoms with E-state index in [9.17, 15) is 4.39 Å². The van der Waals surface area contributed by atoms with E-state index in [0.717, 1.165) is 18.5 Å². The molecule has 0 amide bonds. The Hall–Kier alpha value is -0.930. The fraction of sp³-hybridized carbons (Fsp3) is 0.538. The SMILES string of the molecule is COC1C[C@@H](c2ccc(F)cc2)NC[C@@H]1C. The zero-order chi connectivity index (χ0) is 11.5. The number of ether oxygens (including phenoxy) is 1. The molecule has 1 heterocycles. The third kappa shape index (κ3) is 2.42. The lowest BCUT2D eigenvalue weighted by Gasteiger charge is -2.34.